The van der Waals surface area contributed by atoms with Crippen LogP contribution in [-0.4, -0.2) is 55.7 Å². The zero-order valence-corrected chi connectivity index (χ0v) is 13.5. The van der Waals surface area contributed by atoms with E-state index in [0.29, 0.717) is 11.7 Å². The molecule has 1 fully saturated rings. The van der Waals surface area contributed by atoms with Crippen LogP contribution in [0.4, 0.5) is 5.13 Å². The third-order valence-electron chi connectivity index (χ3n) is 3.78. The predicted molar refractivity (Wildman–Crippen MR) is 81.7 cm³/mol. The van der Waals surface area contributed by atoms with Crippen LogP contribution >= 0.6 is 11.3 Å². The lowest BCUT2D eigenvalue weighted by Crippen LogP contribution is -2.39. The summed E-state index contributed by atoms with van der Waals surface area (Å²) >= 11 is 1.59. The molecule has 0 N–H and O–H groups in total. The lowest BCUT2D eigenvalue weighted by molar-refractivity contribution is 0.0594. The molecular formula is C14H23N3O2S. The molecule has 1 aliphatic rings. The summed E-state index contributed by atoms with van der Waals surface area (Å²) in [6, 6.07) is 0.457. The normalized spacial score (nSPS) is 20.8. The van der Waals surface area contributed by atoms with Gasteiger partial charge in [-0.2, -0.15) is 0 Å². The number of aryl methyl sites for hydroxylation is 1. The fourth-order valence-electron chi connectivity index (χ4n) is 2.64. The van der Waals surface area contributed by atoms with Crippen molar-refractivity contribution in [2.45, 2.75) is 32.7 Å². The number of thiazole rings is 1. The van der Waals surface area contributed by atoms with Crippen LogP contribution in [0.1, 0.15) is 35.1 Å². The van der Waals surface area contributed by atoms with Crippen LogP contribution < -0.4 is 4.90 Å². The van der Waals surface area contributed by atoms with Crippen molar-refractivity contribution in [2.24, 2.45) is 0 Å². The van der Waals surface area contributed by atoms with Gasteiger partial charge in [-0.3, -0.25) is 0 Å². The smallest absolute Gasteiger partial charge is 0.357 e. The monoisotopic (exact) mass is 297 g/mol. The van der Waals surface area contributed by atoms with Crippen LogP contribution in [0.25, 0.3) is 0 Å². The number of ether oxygens (including phenoxy) is 1. The molecule has 5 nitrogen and oxygen atoms in total. The van der Waals surface area contributed by atoms with Crippen molar-refractivity contribution in [3.8, 4) is 0 Å². The summed E-state index contributed by atoms with van der Waals surface area (Å²) in [5.74, 6) is -0.343. The quantitative estimate of drug-likeness (QED) is 0.800. The molecule has 0 saturated carbocycles. The summed E-state index contributed by atoms with van der Waals surface area (Å²) in [7, 11) is 3.57. The highest BCUT2D eigenvalue weighted by molar-refractivity contribution is 7.15. The van der Waals surface area contributed by atoms with Gasteiger partial charge in [-0.1, -0.05) is 6.92 Å². The topological polar surface area (TPSA) is 45.7 Å². The maximum absolute atomic E-state index is 11.7. The Morgan fingerprint density at radius 3 is 2.90 bits per heavy atom. The zero-order chi connectivity index (χ0) is 14.7. The molecular weight excluding hydrogens is 274 g/mol. The minimum absolute atomic E-state index is 0.343. The first kappa shape index (κ1) is 15.3. The largest absolute Gasteiger partial charge is 0.464 e. The van der Waals surface area contributed by atoms with Crippen molar-refractivity contribution in [1.29, 1.82) is 0 Å². The molecule has 0 radical (unpaired) electrons. The molecule has 112 valence electrons. The molecule has 1 aliphatic heterocycles. The van der Waals surface area contributed by atoms with E-state index in [1.807, 2.05) is 6.92 Å². The van der Waals surface area contributed by atoms with Gasteiger partial charge in [-0.05, 0) is 33.4 Å². The number of methoxy groups -OCH3 is 1. The van der Waals surface area contributed by atoms with Gasteiger partial charge in [0.25, 0.3) is 0 Å². The average Bonchev–Trinajstić information content (AvgIpc) is 2.71. The van der Waals surface area contributed by atoms with Gasteiger partial charge in [0, 0.05) is 24.0 Å². The van der Waals surface area contributed by atoms with E-state index >= 15 is 0 Å². The molecule has 1 aromatic rings. The second-order valence-electron chi connectivity index (χ2n) is 5.26. The summed E-state index contributed by atoms with van der Waals surface area (Å²) in [5.41, 5.74) is 0.458. The number of aromatic nitrogens is 1. The molecule has 1 atom stereocenters. The SMILES string of the molecule is CCC1CN(C)CCCN1c1nc(C(=O)OC)c(C)s1. The summed E-state index contributed by atoms with van der Waals surface area (Å²) < 4.78 is 4.79. The van der Waals surface area contributed by atoms with E-state index in [2.05, 4.69) is 28.8 Å². The fraction of sp³-hybridized carbons (Fsp3) is 0.714. The van der Waals surface area contributed by atoms with Gasteiger partial charge in [0.2, 0.25) is 0 Å². The molecule has 0 aliphatic carbocycles. The van der Waals surface area contributed by atoms with Crippen LogP contribution in [0.15, 0.2) is 0 Å². The Morgan fingerprint density at radius 1 is 1.50 bits per heavy atom. The molecule has 6 heteroatoms. The molecule has 1 aromatic heterocycles. The third kappa shape index (κ3) is 3.12. The first-order chi connectivity index (χ1) is 9.56. The zero-order valence-electron chi connectivity index (χ0n) is 12.7. The van der Waals surface area contributed by atoms with Crippen LogP contribution in [0.5, 0.6) is 0 Å². The predicted octanol–water partition coefficient (Wildman–Crippen LogP) is 2.16. The van der Waals surface area contributed by atoms with Gasteiger partial charge >= 0.3 is 5.97 Å². The Balaban J connectivity index is 2.26. The van der Waals surface area contributed by atoms with E-state index in [1.54, 1.807) is 11.3 Å². The molecule has 0 bridgehead atoms. The molecule has 20 heavy (non-hydrogen) atoms. The summed E-state index contributed by atoms with van der Waals surface area (Å²) in [6.45, 7) is 7.29. The molecule has 0 amide bonds. The maximum Gasteiger partial charge on any atom is 0.357 e. The second kappa shape index (κ2) is 6.54. The molecule has 0 spiro atoms. The lowest BCUT2D eigenvalue weighted by Gasteiger charge is -2.29. The van der Waals surface area contributed by atoms with Gasteiger partial charge in [-0.25, -0.2) is 9.78 Å². The minimum Gasteiger partial charge on any atom is -0.464 e. The Labute approximate surface area is 124 Å². The van der Waals surface area contributed by atoms with Crippen LogP contribution in [-0.2, 0) is 4.74 Å². The number of likely N-dealkylation sites (N-methyl/N-ethyl adjacent to an activating group) is 1. The van der Waals surface area contributed by atoms with E-state index in [1.165, 1.54) is 7.11 Å². The lowest BCUT2D eigenvalue weighted by atomic mass is 10.2. The minimum atomic E-state index is -0.343. The van der Waals surface area contributed by atoms with E-state index < -0.39 is 0 Å². The number of rotatable bonds is 3. The maximum atomic E-state index is 11.7. The highest BCUT2D eigenvalue weighted by Crippen LogP contribution is 2.29. The highest BCUT2D eigenvalue weighted by Gasteiger charge is 2.26. The van der Waals surface area contributed by atoms with Gasteiger partial charge in [0.1, 0.15) is 0 Å². The Morgan fingerprint density at radius 2 is 2.25 bits per heavy atom. The first-order valence-corrected chi connectivity index (χ1v) is 7.89. The van der Waals surface area contributed by atoms with Crippen molar-refractivity contribution >= 4 is 22.4 Å². The third-order valence-corrected chi connectivity index (χ3v) is 4.79. The van der Waals surface area contributed by atoms with E-state index in [9.17, 15) is 4.79 Å². The number of nitrogens with zero attached hydrogens (tertiary/aromatic N) is 3. The van der Waals surface area contributed by atoms with Crippen molar-refractivity contribution in [3.05, 3.63) is 10.6 Å². The summed E-state index contributed by atoms with van der Waals surface area (Å²) in [4.78, 5) is 21.9. The van der Waals surface area contributed by atoms with Crippen molar-refractivity contribution in [1.82, 2.24) is 9.88 Å². The molecule has 2 heterocycles. The summed E-state index contributed by atoms with van der Waals surface area (Å²) in [5, 5.41) is 0.949. The van der Waals surface area contributed by atoms with Gasteiger partial charge in [0.15, 0.2) is 10.8 Å². The number of esters is 1. The molecule has 1 unspecified atom stereocenters. The Hall–Kier alpha value is -1.14. The first-order valence-electron chi connectivity index (χ1n) is 7.07. The molecule has 1 saturated heterocycles. The van der Waals surface area contributed by atoms with Gasteiger partial charge in [-0.15, -0.1) is 11.3 Å². The van der Waals surface area contributed by atoms with Crippen molar-refractivity contribution < 1.29 is 9.53 Å². The van der Waals surface area contributed by atoms with Crippen LogP contribution in [0, 0.1) is 6.92 Å². The Bertz CT molecular complexity index is 475. The highest BCUT2D eigenvalue weighted by atomic mass is 32.1. The fourth-order valence-corrected chi connectivity index (χ4v) is 3.63. The van der Waals surface area contributed by atoms with Gasteiger partial charge in [0.05, 0.1) is 7.11 Å². The number of hydrogen-bond donors (Lipinski definition) is 0. The number of carbonyl (C=O) groups is 1. The molecule has 2 rings (SSSR count). The second-order valence-corrected chi connectivity index (χ2v) is 6.45. The standard InChI is InChI=1S/C14H23N3O2S/c1-5-11-9-16(3)7-6-8-17(11)14-15-12(10(2)20-14)13(18)19-4/h11H,5-9H2,1-4H3. The van der Waals surface area contributed by atoms with E-state index in [0.717, 1.165) is 42.5 Å². The molecule has 0 aromatic carbocycles. The van der Waals surface area contributed by atoms with Crippen LogP contribution in [0.2, 0.25) is 0 Å². The van der Waals surface area contributed by atoms with E-state index in [-0.39, 0.29) is 5.97 Å². The van der Waals surface area contributed by atoms with Crippen molar-refractivity contribution in [2.75, 3.05) is 38.7 Å². The Kier molecular flexibility index (Phi) is 4.99. The number of anilines is 1. The van der Waals surface area contributed by atoms with Gasteiger partial charge < -0.3 is 14.5 Å². The van der Waals surface area contributed by atoms with Crippen molar-refractivity contribution in [3.63, 3.8) is 0 Å². The summed E-state index contributed by atoms with van der Waals surface area (Å²) in [6.07, 6.45) is 2.20. The van der Waals surface area contributed by atoms with Crippen LogP contribution in [0.3, 0.4) is 0 Å². The number of hydrogen-bond acceptors (Lipinski definition) is 6. The number of carbonyl (C=O) groups excluding carboxylic acids is 1. The average molecular weight is 297 g/mol. The van der Waals surface area contributed by atoms with E-state index in [4.69, 9.17) is 4.74 Å².